The summed E-state index contributed by atoms with van der Waals surface area (Å²) >= 11 is 0. The maximum Gasteiger partial charge on any atom is 0.255 e. The molecule has 0 aliphatic heterocycles. The van der Waals surface area contributed by atoms with Gasteiger partial charge in [0.1, 0.15) is 23.9 Å². The van der Waals surface area contributed by atoms with Gasteiger partial charge in [-0.2, -0.15) is 0 Å². The lowest BCUT2D eigenvalue weighted by Gasteiger charge is -2.12. The quantitative estimate of drug-likeness (QED) is 0.793. The molecular formula is C19H23NO4. The Balaban J connectivity index is 1.88. The third-order valence-corrected chi connectivity index (χ3v) is 3.78. The van der Waals surface area contributed by atoms with Crippen molar-refractivity contribution >= 4 is 5.91 Å². The molecular weight excluding hydrogens is 306 g/mol. The molecule has 0 saturated heterocycles. The van der Waals surface area contributed by atoms with Crippen LogP contribution in [0.5, 0.6) is 17.2 Å². The van der Waals surface area contributed by atoms with Crippen molar-refractivity contribution in [3.05, 3.63) is 53.1 Å². The number of amides is 1. The van der Waals surface area contributed by atoms with E-state index in [0.717, 1.165) is 22.6 Å². The Kier molecular flexibility index (Phi) is 6.07. The van der Waals surface area contributed by atoms with Crippen molar-refractivity contribution < 1.29 is 19.0 Å². The standard InChI is InChI=1S/C19H23NO4/c1-13-11-17(18(23-4)12-14(13)2)19(21)20-9-10-24-16-7-5-15(22-3)6-8-16/h5-8,11-12H,9-10H2,1-4H3,(H,20,21). The van der Waals surface area contributed by atoms with E-state index in [9.17, 15) is 4.79 Å². The summed E-state index contributed by atoms with van der Waals surface area (Å²) in [5.41, 5.74) is 2.67. The number of hydrogen-bond donors (Lipinski definition) is 1. The first-order valence-corrected chi connectivity index (χ1v) is 7.75. The zero-order chi connectivity index (χ0) is 17.5. The number of benzene rings is 2. The van der Waals surface area contributed by atoms with Crippen LogP contribution in [-0.4, -0.2) is 33.3 Å². The van der Waals surface area contributed by atoms with Gasteiger partial charge in [-0.1, -0.05) is 0 Å². The largest absolute Gasteiger partial charge is 0.497 e. The van der Waals surface area contributed by atoms with Crippen molar-refractivity contribution in [3.8, 4) is 17.2 Å². The van der Waals surface area contributed by atoms with E-state index >= 15 is 0 Å². The SMILES string of the molecule is COc1ccc(OCCNC(=O)c2cc(C)c(C)cc2OC)cc1. The van der Waals surface area contributed by atoms with Crippen LogP contribution in [0, 0.1) is 13.8 Å². The zero-order valence-corrected chi connectivity index (χ0v) is 14.5. The molecule has 2 aromatic rings. The highest BCUT2D eigenvalue weighted by atomic mass is 16.5. The van der Waals surface area contributed by atoms with Gasteiger partial charge in [0.25, 0.3) is 5.91 Å². The van der Waals surface area contributed by atoms with Gasteiger partial charge in [0.05, 0.1) is 26.3 Å². The van der Waals surface area contributed by atoms with Gasteiger partial charge in [-0.05, 0) is 61.4 Å². The van der Waals surface area contributed by atoms with Crippen LogP contribution in [0.15, 0.2) is 36.4 Å². The summed E-state index contributed by atoms with van der Waals surface area (Å²) in [6.07, 6.45) is 0. The minimum absolute atomic E-state index is 0.173. The molecule has 0 aromatic heterocycles. The molecule has 0 aliphatic carbocycles. The number of hydrogen-bond acceptors (Lipinski definition) is 4. The lowest BCUT2D eigenvalue weighted by molar-refractivity contribution is 0.0944. The van der Waals surface area contributed by atoms with E-state index in [0.29, 0.717) is 24.5 Å². The van der Waals surface area contributed by atoms with E-state index in [1.807, 2.05) is 50.2 Å². The van der Waals surface area contributed by atoms with E-state index in [2.05, 4.69) is 5.32 Å². The monoisotopic (exact) mass is 329 g/mol. The van der Waals surface area contributed by atoms with Gasteiger partial charge >= 0.3 is 0 Å². The number of methoxy groups -OCH3 is 2. The first kappa shape index (κ1) is 17.7. The Hall–Kier alpha value is -2.69. The third kappa shape index (κ3) is 4.41. The van der Waals surface area contributed by atoms with Crippen molar-refractivity contribution in [3.63, 3.8) is 0 Å². The van der Waals surface area contributed by atoms with Gasteiger partial charge < -0.3 is 19.5 Å². The summed E-state index contributed by atoms with van der Waals surface area (Å²) in [7, 11) is 3.18. The molecule has 5 heteroatoms. The molecule has 0 spiro atoms. The first-order chi connectivity index (χ1) is 11.5. The maximum absolute atomic E-state index is 12.3. The summed E-state index contributed by atoms with van der Waals surface area (Å²) in [5.74, 6) is 1.91. The van der Waals surface area contributed by atoms with E-state index in [4.69, 9.17) is 14.2 Å². The topological polar surface area (TPSA) is 56.8 Å². The van der Waals surface area contributed by atoms with Gasteiger partial charge in [0.2, 0.25) is 0 Å². The second-order valence-corrected chi connectivity index (χ2v) is 5.42. The van der Waals surface area contributed by atoms with Crippen LogP contribution < -0.4 is 19.5 Å². The fourth-order valence-corrected chi connectivity index (χ4v) is 2.24. The number of rotatable bonds is 7. The van der Waals surface area contributed by atoms with Crippen LogP contribution in [-0.2, 0) is 0 Å². The number of nitrogens with one attached hydrogen (secondary N) is 1. The number of aryl methyl sites for hydroxylation is 2. The van der Waals surface area contributed by atoms with Gasteiger partial charge in [0, 0.05) is 0 Å². The minimum Gasteiger partial charge on any atom is -0.497 e. The van der Waals surface area contributed by atoms with Gasteiger partial charge in [-0.15, -0.1) is 0 Å². The average Bonchev–Trinajstić information content (AvgIpc) is 2.61. The molecule has 0 bridgehead atoms. The molecule has 1 amide bonds. The Morgan fingerprint density at radius 1 is 0.958 bits per heavy atom. The van der Waals surface area contributed by atoms with Crippen molar-refractivity contribution in [1.29, 1.82) is 0 Å². The fourth-order valence-electron chi connectivity index (χ4n) is 2.24. The first-order valence-electron chi connectivity index (χ1n) is 7.75. The van der Waals surface area contributed by atoms with Gasteiger partial charge in [-0.3, -0.25) is 4.79 Å². The Morgan fingerprint density at radius 3 is 2.21 bits per heavy atom. The molecule has 0 unspecified atom stereocenters. The molecule has 0 saturated carbocycles. The minimum atomic E-state index is -0.173. The Labute approximate surface area is 142 Å². The van der Waals surface area contributed by atoms with Crippen molar-refractivity contribution in [2.75, 3.05) is 27.4 Å². The highest BCUT2D eigenvalue weighted by Crippen LogP contribution is 2.23. The van der Waals surface area contributed by atoms with Crippen LogP contribution in [0.4, 0.5) is 0 Å². The zero-order valence-electron chi connectivity index (χ0n) is 14.5. The Bertz CT molecular complexity index is 695. The second kappa shape index (κ2) is 8.24. The highest BCUT2D eigenvalue weighted by molar-refractivity contribution is 5.97. The van der Waals surface area contributed by atoms with Crippen molar-refractivity contribution in [2.24, 2.45) is 0 Å². The average molecular weight is 329 g/mol. The van der Waals surface area contributed by atoms with Gasteiger partial charge in [-0.25, -0.2) is 0 Å². The van der Waals surface area contributed by atoms with E-state index in [1.54, 1.807) is 14.2 Å². The predicted molar refractivity (Wildman–Crippen MR) is 93.3 cm³/mol. The molecule has 1 N–H and O–H groups in total. The van der Waals surface area contributed by atoms with Crippen molar-refractivity contribution in [1.82, 2.24) is 5.32 Å². The number of carbonyl (C=O) groups excluding carboxylic acids is 1. The van der Waals surface area contributed by atoms with Crippen LogP contribution in [0.3, 0.4) is 0 Å². The summed E-state index contributed by atoms with van der Waals surface area (Å²) in [6.45, 7) is 4.74. The van der Waals surface area contributed by atoms with Crippen molar-refractivity contribution in [2.45, 2.75) is 13.8 Å². The van der Waals surface area contributed by atoms with E-state index in [-0.39, 0.29) is 5.91 Å². The number of carbonyl (C=O) groups is 1. The molecule has 0 atom stereocenters. The van der Waals surface area contributed by atoms with Crippen LogP contribution in [0.25, 0.3) is 0 Å². The molecule has 2 aromatic carbocycles. The molecule has 0 radical (unpaired) electrons. The van der Waals surface area contributed by atoms with Crippen LogP contribution >= 0.6 is 0 Å². The highest BCUT2D eigenvalue weighted by Gasteiger charge is 2.13. The predicted octanol–water partition coefficient (Wildman–Crippen LogP) is 3.13. The molecule has 24 heavy (non-hydrogen) atoms. The Morgan fingerprint density at radius 2 is 1.58 bits per heavy atom. The molecule has 0 heterocycles. The number of ether oxygens (including phenoxy) is 3. The normalized spacial score (nSPS) is 10.2. The smallest absolute Gasteiger partial charge is 0.255 e. The maximum atomic E-state index is 12.3. The summed E-state index contributed by atoms with van der Waals surface area (Å²) < 4.78 is 16.0. The van der Waals surface area contributed by atoms with E-state index < -0.39 is 0 Å². The van der Waals surface area contributed by atoms with Crippen LogP contribution in [0.1, 0.15) is 21.5 Å². The second-order valence-electron chi connectivity index (χ2n) is 5.42. The summed E-state index contributed by atoms with van der Waals surface area (Å²) in [5, 5.41) is 2.84. The summed E-state index contributed by atoms with van der Waals surface area (Å²) in [6, 6.07) is 11.0. The third-order valence-electron chi connectivity index (χ3n) is 3.78. The lowest BCUT2D eigenvalue weighted by atomic mass is 10.0. The molecule has 128 valence electrons. The molecule has 5 nitrogen and oxygen atoms in total. The van der Waals surface area contributed by atoms with Gasteiger partial charge in [0.15, 0.2) is 0 Å². The van der Waals surface area contributed by atoms with E-state index in [1.165, 1.54) is 0 Å². The molecule has 0 fully saturated rings. The lowest BCUT2D eigenvalue weighted by Crippen LogP contribution is -2.28. The summed E-state index contributed by atoms with van der Waals surface area (Å²) in [4.78, 5) is 12.3. The van der Waals surface area contributed by atoms with Crippen LogP contribution in [0.2, 0.25) is 0 Å². The molecule has 0 aliphatic rings. The fraction of sp³-hybridized carbons (Fsp3) is 0.316. The molecule has 2 rings (SSSR count).